The van der Waals surface area contributed by atoms with E-state index in [1.807, 2.05) is 26.8 Å². The Morgan fingerprint density at radius 2 is 2.00 bits per heavy atom. The molecule has 1 N–H and O–H groups in total. The molecule has 1 unspecified atom stereocenters. The second kappa shape index (κ2) is 9.29. The molecule has 2 fully saturated rings. The first-order valence-electron chi connectivity index (χ1n) is 12.5. The summed E-state index contributed by atoms with van der Waals surface area (Å²) in [6, 6.07) is 4.61. The number of likely N-dealkylation sites (tertiary alicyclic amines) is 1. The van der Waals surface area contributed by atoms with Crippen LogP contribution in [0.1, 0.15) is 85.7 Å². The van der Waals surface area contributed by atoms with E-state index in [1.54, 1.807) is 25.4 Å². The first-order valence-corrected chi connectivity index (χ1v) is 13.3. The van der Waals surface area contributed by atoms with E-state index in [2.05, 4.69) is 25.8 Å². The highest BCUT2D eigenvalue weighted by Crippen LogP contribution is 2.59. The SMILES string of the molecule is COc1cc(C(=O)N2[C@@H](c3ncc(C)s3)[C@H]3C(=O)CCC3[C@@]2(CC(C)C)C(=O)O)ccc1C(C)(C)C. The summed E-state index contributed by atoms with van der Waals surface area (Å²) in [7, 11) is 1.57. The van der Waals surface area contributed by atoms with Crippen molar-refractivity contribution in [2.45, 2.75) is 77.8 Å². The molecule has 8 heteroatoms. The van der Waals surface area contributed by atoms with Gasteiger partial charge in [0.1, 0.15) is 22.1 Å². The second-order valence-corrected chi connectivity index (χ2v) is 12.8. The molecule has 1 amide bonds. The molecule has 2 aliphatic rings. The van der Waals surface area contributed by atoms with Gasteiger partial charge in [-0.25, -0.2) is 9.78 Å². The van der Waals surface area contributed by atoms with E-state index in [1.165, 1.54) is 16.2 Å². The number of aromatic nitrogens is 1. The van der Waals surface area contributed by atoms with Crippen molar-refractivity contribution < 1.29 is 24.2 Å². The average Bonchev–Trinajstić information content (AvgIpc) is 3.47. The minimum atomic E-state index is -1.50. The lowest BCUT2D eigenvalue weighted by Crippen LogP contribution is -2.57. The molecule has 4 atom stereocenters. The number of carbonyl (C=O) groups excluding carboxylic acids is 2. The number of aliphatic carboxylic acids is 1. The fourth-order valence-electron chi connectivity index (χ4n) is 6.27. The van der Waals surface area contributed by atoms with Crippen LogP contribution in [-0.2, 0) is 15.0 Å². The number of rotatable bonds is 6. The van der Waals surface area contributed by atoms with Crippen molar-refractivity contribution in [1.29, 1.82) is 0 Å². The topological polar surface area (TPSA) is 96.8 Å². The Bertz CT molecular complexity index is 1200. The second-order valence-electron chi connectivity index (χ2n) is 11.6. The predicted molar refractivity (Wildman–Crippen MR) is 138 cm³/mol. The quantitative estimate of drug-likeness (QED) is 0.555. The molecule has 1 aliphatic carbocycles. The van der Waals surface area contributed by atoms with Gasteiger partial charge in [-0.3, -0.25) is 9.59 Å². The molecule has 1 saturated heterocycles. The average molecular weight is 513 g/mol. The summed E-state index contributed by atoms with van der Waals surface area (Å²) < 4.78 is 5.64. The number of hydrogen-bond acceptors (Lipinski definition) is 6. The number of aryl methyl sites for hydroxylation is 1. The van der Waals surface area contributed by atoms with Crippen molar-refractivity contribution in [2.75, 3.05) is 7.11 Å². The number of hydrogen-bond donors (Lipinski definition) is 1. The minimum Gasteiger partial charge on any atom is -0.496 e. The van der Waals surface area contributed by atoms with Gasteiger partial charge in [-0.05, 0) is 48.8 Å². The maximum atomic E-state index is 14.4. The van der Waals surface area contributed by atoms with Gasteiger partial charge < -0.3 is 14.7 Å². The maximum Gasteiger partial charge on any atom is 0.329 e. The van der Waals surface area contributed by atoms with E-state index in [4.69, 9.17) is 4.74 Å². The normalized spacial score (nSPS) is 25.9. The Kier molecular flexibility index (Phi) is 6.79. The molecule has 1 aliphatic heterocycles. The summed E-state index contributed by atoms with van der Waals surface area (Å²) in [4.78, 5) is 47.8. The number of methoxy groups -OCH3 is 1. The molecule has 0 radical (unpaired) electrons. The fraction of sp³-hybridized carbons (Fsp3) is 0.571. The van der Waals surface area contributed by atoms with Gasteiger partial charge >= 0.3 is 5.97 Å². The molecule has 1 aromatic heterocycles. The van der Waals surface area contributed by atoms with Gasteiger partial charge in [0.15, 0.2) is 0 Å². The third-order valence-corrected chi connectivity index (χ3v) is 8.61. The zero-order chi connectivity index (χ0) is 26.6. The minimum absolute atomic E-state index is 0.00216. The Morgan fingerprint density at radius 1 is 1.31 bits per heavy atom. The van der Waals surface area contributed by atoms with Crippen LogP contribution in [0, 0.1) is 24.7 Å². The molecular weight excluding hydrogens is 476 g/mol. The van der Waals surface area contributed by atoms with Crippen LogP contribution in [0.15, 0.2) is 24.4 Å². The molecule has 1 saturated carbocycles. The van der Waals surface area contributed by atoms with E-state index < -0.39 is 35.3 Å². The Hall–Kier alpha value is -2.74. The number of thiazole rings is 1. The molecule has 7 nitrogen and oxygen atoms in total. The van der Waals surface area contributed by atoms with Gasteiger partial charge in [0.2, 0.25) is 0 Å². The van der Waals surface area contributed by atoms with E-state index >= 15 is 0 Å². The van der Waals surface area contributed by atoms with Gasteiger partial charge in [-0.15, -0.1) is 11.3 Å². The standard InChI is InChI=1S/C28H36N2O5S/c1-15(2)13-28(26(33)34)19-10-11-20(31)22(19)23(24-29-14-16(3)36-24)30(28)25(32)17-8-9-18(27(4,5)6)21(12-17)35-7/h8-9,12,14-15,19,22-23H,10-11,13H2,1-7H3,(H,33,34)/t19?,22-,23-,28+/m1/s1. The zero-order valence-electron chi connectivity index (χ0n) is 22.1. The molecule has 0 spiro atoms. The van der Waals surface area contributed by atoms with E-state index in [9.17, 15) is 19.5 Å². The third-order valence-electron chi connectivity index (χ3n) is 7.63. The van der Waals surface area contributed by atoms with Crippen molar-refractivity contribution in [3.8, 4) is 5.75 Å². The van der Waals surface area contributed by atoms with Crippen LogP contribution in [0.4, 0.5) is 0 Å². The van der Waals surface area contributed by atoms with Crippen LogP contribution in [0.3, 0.4) is 0 Å². The van der Waals surface area contributed by atoms with E-state index in [0.29, 0.717) is 29.2 Å². The molecule has 1 aromatic carbocycles. The highest BCUT2D eigenvalue weighted by atomic mass is 32.1. The number of ether oxygens (including phenoxy) is 1. The summed E-state index contributed by atoms with van der Waals surface area (Å²) in [5, 5.41) is 11.4. The lowest BCUT2D eigenvalue weighted by Gasteiger charge is -2.41. The van der Waals surface area contributed by atoms with Crippen LogP contribution in [0.2, 0.25) is 0 Å². The van der Waals surface area contributed by atoms with Crippen LogP contribution in [0.5, 0.6) is 5.75 Å². The Labute approximate surface area is 216 Å². The molecule has 36 heavy (non-hydrogen) atoms. The number of nitrogens with zero attached hydrogens (tertiary/aromatic N) is 2. The number of ketones is 1. The van der Waals surface area contributed by atoms with Crippen molar-refractivity contribution in [3.63, 3.8) is 0 Å². The molecule has 2 aromatic rings. The molecule has 0 bridgehead atoms. The molecule has 2 heterocycles. The van der Waals surface area contributed by atoms with Gasteiger partial charge in [0.05, 0.1) is 19.1 Å². The number of carboxylic acids is 1. The largest absolute Gasteiger partial charge is 0.496 e. The molecular formula is C28H36N2O5S. The summed E-state index contributed by atoms with van der Waals surface area (Å²) in [5.41, 5.74) is -0.399. The smallest absolute Gasteiger partial charge is 0.329 e. The number of fused-ring (bicyclic) bond motifs is 1. The van der Waals surface area contributed by atoms with Crippen molar-refractivity contribution in [1.82, 2.24) is 9.88 Å². The van der Waals surface area contributed by atoms with Gasteiger partial charge in [0.25, 0.3) is 5.91 Å². The Balaban J connectivity index is 1.94. The monoisotopic (exact) mass is 512 g/mol. The highest BCUT2D eigenvalue weighted by Gasteiger charge is 2.68. The summed E-state index contributed by atoms with van der Waals surface area (Å²) >= 11 is 1.42. The number of Topliss-reactive ketones (excluding diaryl/α,β-unsaturated/α-hetero) is 1. The summed E-state index contributed by atoms with van der Waals surface area (Å²) in [5.74, 6) is -1.90. The number of carbonyl (C=O) groups is 3. The van der Waals surface area contributed by atoms with Crippen LogP contribution in [-0.4, -0.2) is 45.3 Å². The molecule has 4 rings (SSSR count). The molecule has 194 valence electrons. The first kappa shape index (κ1) is 26.3. The fourth-order valence-corrected chi connectivity index (χ4v) is 7.19. The zero-order valence-corrected chi connectivity index (χ0v) is 22.9. The van der Waals surface area contributed by atoms with Crippen LogP contribution in [0.25, 0.3) is 0 Å². The third kappa shape index (κ3) is 4.13. The van der Waals surface area contributed by atoms with Crippen LogP contribution >= 0.6 is 11.3 Å². The number of benzene rings is 1. The lowest BCUT2D eigenvalue weighted by atomic mass is 9.75. The summed E-state index contributed by atoms with van der Waals surface area (Å²) in [6.45, 7) is 12.0. The number of carboxylic acid groups (broad SMARTS) is 1. The van der Waals surface area contributed by atoms with Gasteiger partial charge in [0, 0.05) is 29.0 Å². The van der Waals surface area contributed by atoms with E-state index in [-0.39, 0.29) is 23.5 Å². The van der Waals surface area contributed by atoms with Crippen molar-refractivity contribution in [3.05, 3.63) is 45.4 Å². The highest BCUT2D eigenvalue weighted by molar-refractivity contribution is 7.11. The Morgan fingerprint density at radius 3 is 2.53 bits per heavy atom. The van der Waals surface area contributed by atoms with Gasteiger partial charge in [-0.1, -0.05) is 40.7 Å². The van der Waals surface area contributed by atoms with Crippen molar-refractivity contribution >= 4 is 29.0 Å². The number of amides is 1. The summed E-state index contributed by atoms with van der Waals surface area (Å²) in [6.07, 6.45) is 2.78. The first-order chi connectivity index (χ1) is 16.8. The van der Waals surface area contributed by atoms with Crippen LogP contribution < -0.4 is 4.74 Å². The van der Waals surface area contributed by atoms with E-state index in [0.717, 1.165) is 10.4 Å². The predicted octanol–water partition coefficient (Wildman–Crippen LogP) is 5.42. The van der Waals surface area contributed by atoms with Gasteiger partial charge in [-0.2, -0.15) is 0 Å². The van der Waals surface area contributed by atoms with Crippen molar-refractivity contribution in [2.24, 2.45) is 17.8 Å². The maximum absolute atomic E-state index is 14.4. The lowest BCUT2D eigenvalue weighted by molar-refractivity contribution is -0.152.